The van der Waals surface area contributed by atoms with Crippen LogP contribution < -0.4 is 4.90 Å². The van der Waals surface area contributed by atoms with Crippen LogP contribution in [0.4, 0.5) is 9.39 Å². The predicted octanol–water partition coefficient (Wildman–Crippen LogP) is 5.17. The van der Waals surface area contributed by atoms with Gasteiger partial charge in [0.25, 0.3) is 0 Å². The van der Waals surface area contributed by atoms with E-state index in [4.69, 9.17) is 0 Å². The van der Waals surface area contributed by atoms with Crippen molar-refractivity contribution < 1.29 is 14.0 Å². The molecule has 0 N–H and O–H groups in total. The lowest BCUT2D eigenvalue weighted by Gasteiger charge is -2.37. The minimum Gasteiger partial charge on any atom is -0.294 e. The average Bonchev–Trinajstić information content (AvgIpc) is 3.11. The second-order valence-corrected chi connectivity index (χ2v) is 9.23. The highest BCUT2D eigenvalue weighted by Crippen LogP contribution is 2.48. The van der Waals surface area contributed by atoms with Crippen LogP contribution in [0.1, 0.15) is 66.0 Å². The number of carbonyl (C=O) groups is 2. The molecule has 152 valence electrons. The van der Waals surface area contributed by atoms with Crippen molar-refractivity contribution in [1.82, 2.24) is 0 Å². The largest absolute Gasteiger partial charge is 0.294 e. The second kappa shape index (κ2) is 7.48. The molecule has 0 unspecified atom stereocenters. The minimum atomic E-state index is -0.558. The molecule has 4 nitrogen and oxygen atoms in total. The molecule has 0 fully saturated rings. The summed E-state index contributed by atoms with van der Waals surface area (Å²) in [7, 11) is 0. The van der Waals surface area contributed by atoms with Crippen LogP contribution in [-0.4, -0.2) is 11.7 Å². The summed E-state index contributed by atoms with van der Waals surface area (Å²) in [6, 6.07) is 8.73. The molecule has 2 heterocycles. The Morgan fingerprint density at radius 3 is 2.67 bits per heavy atom. The van der Waals surface area contributed by atoms with Gasteiger partial charge in [0.15, 0.2) is 5.78 Å². The third-order valence-electron chi connectivity index (χ3n) is 6.42. The van der Waals surface area contributed by atoms with E-state index in [0.717, 1.165) is 31.2 Å². The van der Waals surface area contributed by atoms with Crippen molar-refractivity contribution in [2.24, 2.45) is 0 Å². The number of nitriles is 1. The molecule has 3 aliphatic rings. The number of nitrogens with zero attached hydrogens (tertiary/aromatic N) is 2. The van der Waals surface area contributed by atoms with Gasteiger partial charge in [-0.15, -0.1) is 11.3 Å². The van der Waals surface area contributed by atoms with E-state index in [-0.39, 0.29) is 18.1 Å². The smallest absolute Gasteiger partial charge is 0.232 e. The summed E-state index contributed by atoms with van der Waals surface area (Å²) in [6.07, 6.45) is 5.64. The molecule has 1 atom stereocenters. The first kappa shape index (κ1) is 19.2. The first-order valence-corrected chi connectivity index (χ1v) is 11.3. The highest BCUT2D eigenvalue weighted by atomic mass is 32.1. The summed E-state index contributed by atoms with van der Waals surface area (Å²) in [6.45, 7) is 0. The van der Waals surface area contributed by atoms with Gasteiger partial charge >= 0.3 is 0 Å². The van der Waals surface area contributed by atoms with Crippen LogP contribution in [0.5, 0.6) is 0 Å². The van der Waals surface area contributed by atoms with Crippen LogP contribution in [0.15, 0.2) is 35.5 Å². The zero-order chi connectivity index (χ0) is 20.8. The van der Waals surface area contributed by atoms with Gasteiger partial charge in [-0.05, 0) is 55.7 Å². The Balaban J connectivity index is 1.69. The summed E-state index contributed by atoms with van der Waals surface area (Å²) >= 11 is 1.52. The van der Waals surface area contributed by atoms with E-state index >= 15 is 0 Å². The van der Waals surface area contributed by atoms with Crippen LogP contribution in [0.3, 0.4) is 0 Å². The van der Waals surface area contributed by atoms with Crippen LogP contribution in [-0.2, 0) is 22.4 Å². The quantitative estimate of drug-likeness (QED) is 0.674. The van der Waals surface area contributed by atoms with E-state index in [1.165, 1.54) is 22.3 Å². The Labute approximate surface area is 178 Å². The van der Waals surface area contributed by atoms with E-state index < -0.39 is 11.7 Å². The third-order valence-corrected chi connectivity index (χ3v) is 7.70. The molecule has 2 aromatic rings. The summed E-state index contributed by atoms with van der Waals surface area (Å²) in [5.41, 5.74) is 3.28. The topological polar surface area (TPSA) is 61.2 Å². The number of hydrogen-bond donors (Lipinski definition) is 0. The Morgan fingerprint density at radius 2 is 1.87 bits per heavy atom. The molecule has 0 radical (unpaired) electrons. The lowest BCUT2D eigenvalue weighted by Crippen LogP contribution is -2.40. The zero-order valence-electron chi connectivity index (χ0n) is 16.5. The summed E-state index contributed by atoms with van der Waals surface area (Å²) in [4.78, 5) is 29.2. The van der Waals surface area contributed by atoms with Gasteiger partial charge in [-0.2, -0.15) is 5.26 Å². The fourth-order valence-corrected chi connectivity index (χ4v) is 6.46. The molecule has 30 heavy (non-hydrogen) atoms. The van der Waals surface area contributed by atoms with E-state index in [9.17, 15) is 19.2 Å². The van der Waals surface area contributed by atoms with Gasteiger partial charge in [-0.3, -0.25) is 14.5 Å². The number of anilines is 1. The molecule has 0 bridgehead atoms. The predicted molar refractivity (Wildman–Crippen MR) is 113 cm³/mol. The van der Waals surface area contributed by atoms with Crippen LogP contribution >= 0.6 is 11.3 Å². The average molecular weight is 421 g/mol. The van der Waals surface area contributed by atoms with E-state index in [1.54, 1.807) is 23.1 Å². The maximum Gasteiger partial charge on any atom is 0.232 e. The maximum atomic E-state index is 14.6. The van der Waals surface area contributed by atoms with Gasteiger partial charge in [0, 0.05) is 34.9 Å². The van der Waals surface area contributed by atoms with Gasteiger partial charge in [0.1, 0.15) is 16.9 Å². The molecule has 2 aliphatic carbocycles. The molecule has 1 aromatic carbocycles. The number of rotatable bonds is 2. The SMILES string of the molecule is N#Cc1c(N2C(=O)C[C@@H](c3ccccc3F)C3=C2CCCC3=O)sc2c1CCCC2. The molecular weight excluding hydrogens is 399 g/mol. The van der Waals surface area contributed by atoms with Crippen molar-refractivity contribution in [2.75, 3.05) is 4.90 Å². The van der Waals surface area contributed by atoms with E-state index in [2.05, 4.69) is 6.07 Å². The highest BCUT2D eigenvalue weighted by molar-refractivity contribution is 7.16. The molecule has 0 saturated heterocycles. The summed E-state index contributed by atoms with van der Waals surface area (Å²) in [5.74, 6) is -1.12. The number of benzene rings is 1. The Morgan fingerprint density at radius 1 is 1.07 bits per heavy atom. The van der Waals surface area contributed by atoms with Crippen molar-refractivity contribution in [2.45, 2.75) is 57.3 Å². The van der Waals surface area contributed by atoms with Crippen molar-refractivity contribution in [3.63, 3.8) is 0 Å². The minimum absolute atomic E-state index is 0.0122. The van der Waals surface area contributed by atoms with Gasteiger partial charge in [-0.25, -0.2) is 4.39 Å². The monoisotopic (exact) mass is 420 g/mol. The molecule has 6 heteroatoms. The van der Waals surface area contributed by atoms with Crippen molar-refractivity contribution in [3.8, 4) is 6.07 Å². The zero-order valence-corrected chi connectivity index (χ0v) is 17.4. The van der Waals surface area contributed by atoms with Crippen LogP contribution in [0, 0.1) is 17.1 Å². The first-order chi connectivity index (χ1) is 14.6. The van der Waals surface area contributed by atoms with Crippen LogP contribution in [0.2, 0.25) is 0 Å². The van der Waals surface area contributed by atoms with E-state index in [0.29, 0.717) is 46.7 Å². The number of amides is 1. The fourth-order valence-electron chi connectivity index (χ4n) is 5.08. The van der Waals surface area contributed by atoms with Gasteiger partial charge < -0.3 is 0 Å². The highest BCUT2D eigenvalue weighted by Gasteiger charge is 2.42. The number of Topliss-reactive ketones (excluding diaryl/α,β-unsaturated/α-hetero) is 1. The van der Waals surface area contributed by atoms with Gasteiger partial charge in [0.2, 0.25) is 5.91 Å². The van der Waals surface area contributed by atoms with Gasteiger partial charge in [0.05, 0.1) is 5.56 Å². The third kappa shape index (κ3) is 2.92. The number of ketones is 1. The number of fused-ring (bicyclic) bond motifs is 1. The molecule has 1 aromatic heterocycles. The lowest BCUT2D eigenvalue weighted by atomic mass is 9.77. The molecule has 0 saturated carbocycles. The van der Waals surface area contributed by atoms with Gasteiger partial charge in [-0.1, -0.05) is 18.2 Å². The van der Waals surface area contributed by atoms with Crippen molar-refractivity contribution in [3.05, 3.63) is 62.9 Å². The molecule has 1 aliphatic heterocycles. The number of halogens is 1. The number of thiophene rings is 1. The Kier molecular flexibility index (Phi) is 4.79. The van der Waals surface area contributed by atoms with Crippen molar-refractivity contribution in [1.29, 1.82) is 5.26 Å². The molecule has 5 rings (SSSR count). The fraction of sp³-hybridized carbons (Fsp3) is 0.375. The second-order valence-electron chi connectivity index (χ2n) is 8.15. The van der Waals surface area contributed by atoms with Crippen LogP contribution in [0.25, 0.3) is 0 Å². The lowest BCUT2D eigenvalue weighted by molar-refractivity contribution is -0.119. The summed E-state index contributed by atoms with van der Waals surface area (Å²) in [5, 5.41) is 10.5. The number of hydrogen-bond acceptors (Lipinski definition) is 4. The standard InChI is InChI=1S/C24H21FN2O2S/c25-18-8-3-1-6-14(18)16-12-22(29)27(19-9-5-10-20(28)23(16)19)24-17(13-26)15-7-2-4-11-21(15)30-24/h1,3,6,8,16H,2,4-5,7,9-12H2/t16-/m0/s1. The van der Waals surface area contributed by atoms with E-state index in [1.807, 2.05) is 0 Å². The number of carbonyl (C=O) groups excluding carboxylic acids is 2. The Hall–Kier alpha value is -2.78. The van der Waals surface area contributed by atoms with Crippen molar-refractivity contribution >= 4 is 28.0 Å². The Bertz CT molecular complexity index is 1140. The number of allylic oxidation sites excluding steroid dienone is 2. The maximum absolute atomic E-state index is 14.6. The molecular formula is C24H21FN2O2S. The molecule has 0 spiro atoms. The summed E-state index contributed by atoms with van der Waals surface area (Å²) < 4.78 is 14.6. The molecule has 1 amide bonds. The normalized spacial score (nSPS) is 21.3. The number of aryl methyl sites for hydroxylation is 1. The first-order valence-electron chi connectivity index (χ1n) is 10.5.